The largest absolute Gasteiger partial charge is 0.496 e. The first-order chi connectivity index (χ1) is 11.2. The predicted molar refractivity (Wildman–Crippen MR) is 79.4 cm³/mol. The monoisotopic (exact) mass is 314 g/mol. The molecule has 0 radical (unpaired) electrons. The molecule has 6 heteroatoms. The van der Waals surface area contributed by atoms with E-state index < -0.39 is 5.63 Å². The van der Waals surface area contributed by atoms with Crippen molar-refractivity contribution >= 4 is 16.8 Å². The van der Waals surface area contributed by atoms with E-state index in [0.29, 0.717) is 36.5 Å². The highest BCUT2D eigenvalue weighted by Crippen LogP contribution is 2.51. The summed E-state index contributed by atoms with van der Waals surface area (Å²) >= 11 is 0. The van der Waals surface area contributed by atoms with Gasteiger partial charge in [-0.3, -0.25) is 4.79 Å². The fourth-order valence-electron chi connectivity index (χ4n) is 4.00. The fourth-order valence-corrected chi connectivity index (χ4v) is 4.00. The zero-order chi connectivity index (χ0) is 15.7. The minimum absolute atomic E-state index is 0.0525. The van der Waals surface area contributed by atoms with Gasteiger partial charge in [0.05, 0.1) is 25.0 Å². The fraction of sp³-hybridized carbons (Fsp3) is 0.412. The van der Waals surface area contributed by atoms with Crippen LogP contribution in [0.2, 0.25) is 0 Å². The van der Waals surface area contributed by atoms with Crippen LogP contribution in [-0.4, -0.2) is 25.8 Å². The van der Waals surface area contributed by atoms with Crippen LogP contribution in [-0.2, 0) is 11.2 Å². The van der Waals surface area contributed by atoms with Crippen LogP contribution in [0, 0.1) is 0 Å². The summed E-state index contributed by atoms with van der Waals surface area (Å²) in [6.07, 6.45) is 1.36. The third kappa shape index (κ3) is 1.56. The van der Waals surface area contributed by atoms with Gasteiger partial charge in [0.2, 0.25) is 6.29 Å². The van der Waals surface area contributed by atoms with E-state index in [2.05, 4.69) is 0 Å². The van der Waals surface area contributed by atoms with Crippen LogP contribution in [0.1, 0.15) is 40.2 Å². The van der Waals surface area contributed by atoms with E-state index in [9.17, 15) is 9.59 Å². The van der Waals surface area contributed by atoms with Crippen LogP contribution in [0.5, 0.6) is 11.5 Å². The summed E-state index contributed by atoms with van der Waals surface area (Å²) in [4.78, 5) is 24.3. The molecule has 0 spiro atoms. The normalized spacial score (nSPS) is 24.5. The number of aryl methyl sites for hydroxylation is 1. The van der Waals surface area contributed by atoms with E-state index >= 15 is 0 Å². The van der Waals surface area contributed by atoms with Crippen LogP contribution in [0.15, 0.2) is 15.3 Å². The molecule has 6 nitrogen and oxygen atoms in total. The molecule has 2 aromatic rings. The molecule has 1 aromatic carbocycles. The Bertz CT molecular complexity index is 925. The summed E-state index contributed by atoms with van der Waals surface area (Å²) in [5.41, 5.74) is 1.70. The first-order valence-corrected chi connectivity index (χ1v) is 7.71. The number of fused-ring (bicyclic) bond motifs is 7. The highest BCUT2D eigenvalue weighted by atomic mass is 16.7. The summed E-state index contributed by atoms with van der Waals surface area (Å²) in [6, 6.07) is 1.81. The molecule has 1 saturated heterocycles. The SMILES string of the molecule is COc1cc2c(c3oc(=O)c4c(c13)CCC4=O)[C@@H]1CCO[C@@H]1O2. The van der Waals surface area contributed by atoms with Crippen molar-refractivity contribution in [2.75, 3.05) is 13.7 Å². The summed E-state index contributed by atoms with van der Waals surface area (Å²) in [5.74, 6) is 1.10. The highest BCUT2D eigenvalue weighted by Gasteiger charge is 2.43. The Hall–Kier alpha value is -2.34. The molecule has 2 atom stereocenters. The number of ketones is 1. The molecule has 3 heterocycles. The van der Waals surface area contributed by atoms with Crippen molar-refractivity contribution in [1.82, 2.24) is 0 Å². The Morgan fingerprint density at radius 2 is 2.13 bits per heavy atom. The van der Waals surface area contributed by atoms with Gasteiger partial charge in [-0.15, -0.1) is 0 Å². The van der Waals surface area contributed by atoms with Crippen molar-refractivity contribution in [3.05, 3.63) is 33.2 Å². The maximum Gasteiger partial charge on any atom is 0.347 e. The maximum absolute atomic E-state index is 12.3. The smallest absolute Gasteiger partial charge is 0.347 e. The summed E-state index contributed by atoms with van der Waals surface area (Å²) < 4.78 is 22.5. The molecule has 1 aliphatic carbocycles. The first kappa shape index (κ1) is 13.1. The zero-order valence-corrected chi connectivity index (χ0v) is 12.5. The second-order valence-corrected chi connectivity index (χ2v) is 6.11. The molecule has 3 aliphatic rings. The second kappa shape index (κ2) is 4.35. The minimum Gasteiger partial charge on any atom is -0.496 e. The predicted octanol–water partition coefficient (Wildman–Crippen LogP) is 2.15. The molecule has 1 aromatic heterocycles. The molecule has 0 unspecified atom stereocenters. The number of carbonyl (C=O) groups is 1. The van der Waals surface area contributed by atoms with E-state index in [-0.39, 0.29) is 23.6 Å². The standard InChI is InChI=1S/C17H14O6/c1-20-10-6-11-14(8-4-5-21-17(8)22-11)15-13(10)7-2-3-9(18)12(7)16(19)23-15/h6,8,17H,2-5H2,1H3/t8-,17+/m0/s1. The van der Waals surface area contributed by atoms with Crippen LogP contribution in [0.4, 0.5) is 0 Å². The Labute approximate surface area is 130 Å². The van der Waals surface area contributed by atoms with Gasteiger partial charge in [-0.2, -0.15) is 0 Å². The molecule has 0 amide bonds. The number of hydrogen-bond acceptors (Lipinski definition) is 6. The third-order valence-electron chi connectivity index (χ3n) is 5.00. The van der Waals surface area contributed by atoms with Gasteiger partial charge < -0.3 is 18.6 Å². The van der Waals surface area contributed by atoms with E-state index in [1.54, 1.807) is 7.11 Å². The molecular formula is C17H14O6. The Morgan fingerprint density at radius 3 is 2.96 bits per heavy atom. The molecular weight excluding hydrogens is 300 g/mol. The van der Waals surface area contributed by atoms with Gasteiger partial charge in [-0.1, -0.05) is 0 Å². The Balaban J connectivity index is 1.92. The average molecular weight is 314 g/mol. The summed E-state index contributed by atoms with van der Waals surface area (Å²) in [5, 5.41) is 0.725. The lowest BCUT2D eigenvalue weighted by Gasteiger charge is -2.13. The third-order valence-corrected chi connectivity index (χ3v) is 5.00. The van der Waals surface area contributed by atoms with Crippen LogP contribution < -0.4 is 15.1 Å². The number of Topliss-reactive ketones (excluding diaryl/α,β-unsaturated/α-hetero) is 1. The molecule has 23 heavy (non-hydrogen) atoms. The number of hydrogen-bond donors (Lipinski definition) is 0. The van der Waals surface area contributed by atoms with Crippen molar-refractivity contribution in [2.45, 2.75) is 31.5 Å². The topological polar surface area (TPSA) is 75.0 Å². The lowest BCUT2D eigenvalue weighted by Crippen LogP contribution is -2.14. The first-order valence-electron chi connectivity index (χ1n) is 7.71. The van der Waals surface area contributed by atoms with Crippen LogP contribution in [0.3, 0.4) is 0 Å². The molecule has 2 aliphatic heterocycles. The Morgan fingerprint density at radius 1 is 1.26 bits per heavy atom. The van der Waals surface area contributed by atoms with Gasteiger partial charge in [0.25, 0.3) is 0 Å². The summed E-state index contributed by atoms with van der Waals surface area (Å²) in [7, 11) is 1.56. The van der Waals surface area contributed by atoms with Crippen molar-refractivity contribution < 1.29 is 23.4 Å². The molecule has 0 N–H and O–H groups in total. The quantitative estimate of drug-likeness (QED) is 0.751. The van der Waals surface area contributed by atoms with Crippen molar-refractivity contribution in [3.8, 4) is 11.5 Å². The van der Waals surface area contributed by atoms with E-state index in [1.165, 1.54) is 0 Å². The highest BCUT2D eigenvalue weighted by molar-refractivity contribution is 6.06. The molecule has 1 fully saturated rings. The van der Waals surface area contributed by atoms with Gasteiger partial charge in [0.15, 0.2) is 5.78 Å². The summed E-state index contributed by atoms with van der Waals surface area (Å²) in [6.45, 7) is 0.621. The lowest BCUT2D eigenvalue weighted by atomic mass is 9.94. The second-order valence-electron chi connectivity index (χ2n) is 6.11. The van der Waals surface area contributed by atoms with E-state index in [0.717, 1.165) is 22.9 Å². The van der Waals surface area contributed by atoms with E-state index in [4.69, 9.17) is 18.6 Å². The average Bonchev–Trinajstić information content (AvgIpc) is 3.20. The van der Waals surface area contributed by atoms with Gasteiger partial charge in [0, 0.05) is 18.1 Å². The number of carbonyl (C=O) groups excluding carboxylic acids is 1. The maximum atomic E-state index is 12.3. The molecule has 0 bridgehead atoms. The van der Waals surface area contributed by atoms with Crippen molar-refractivity contribution in [3.63, 3.8) is 0 Å². The number of methoxy groups -OCH3 is 1. The Kier molecular flexibility index (Phi) is 2.48. The number of ether oxygens (including phenoxy) is 3. The molecule has 118 valence electrons. The zero-order valence-electron chi connectivity index (χ0n) is 12.5. The number of benzene rings is 1. The van der Waals surface area contributed by atoms with Gasteiger partial charge in [-0.25, -0.2) is 4.79 Å². The molecule has 5 rings (SSSR count). The van der Waals surface area contributed by atoms with Gasteiger partial charge in [0.1, 0.15) is 22.6 Å². The minimum atomic E-state index is -0.562. The lowest BCUT2D eigenvalue weighted by molar-refractivity contribution is -0.0337. The number of rotatable bonds is 1. The molecule has 0 saturated carbocycles. The van der Waals surface area contributed by atoms with E-state index in [1.807, 2.05) is 6.07 Å². The van der Waals surface area contributed by atoms with Gasteiger partial charge >= 0.3 is 5.63 Å². The van der Waals surface area contributed by atoms with Crippen molar-refractivity contribution in [1.29, 1.82) is 0 Å². The van der Waals surface area contributed by atoms with Crippen molar-refractivity contribution in [2.24, 2.45) is 0 Å². The van der Waals surface area contributed by atoms with Crippen LogP contribution >= 0.6 is 0 Å². The van der Waals surface area contributed by atoms with Crippen LogP contribution in [0.25, 0.3) is 11.0 Å². The van der Waals surface area contributed by atoms with Gasteiger partial charge in [-0.05, 0) is 18.4 Å².